The summed E-state index contributed by atoms with van der Waals surface area (Å²) in [5.74, 6) is -1.16. The Morgan fingerprint density at radius 1 is 1.19 bits per heavy atom. The van der Waals surface area contributed by atoms with E-state index in [1.54, 1.807) is 36.1 Å². The molecule has 1 amide bonds. The fourth-order valence-corrected chi connectivity index (χ4v) is 5.89. The number of aryl methyl sites for hydroxylation is 1. The molecule has 1 saturated heterocycles. The van der Waals surface area contributed by atoms with Gasteiger partial charge in [-0.25, -0.2) is 18.7 Å². The first-order chi connectivity index (χ1) is 22.6. The van der Waals surface area contributed by atoms with E-state index in [1.165, 1.54) is 24.4 Å². The third-order valence-electron chi connectivity index (χ3n) is 7.76. The van der Waals surface area contributed by atoms with Gasteiger partial charge in [-0.3, -0.25) is 9.78 Å². The second kappa shape index (κ2) is 11.6. The number of hydrogen-bond donors (Lipinski definition) is 0. The molecule has 2 atom stereocenters. The summed E-state index contributed by atoms with van der Waals surface area (Å²) < 4.78 is 58.3. The molecule has 3 aromatic heterocycles. The summed E-state index contributed by atoms with van der Waals surface area (Å²) in [5.41, 5.74) is 0.119. The van der Waals surface area contributed by atoms with Gasteiger partial charge in [0, 0.05) is 41.0 Å². The Hall–Kier alpha value is -4.66. The summed E-state index contributed by atoms with van der Waals surface area (Å²) in [5, 5.41) is 0.152. The Morgan fingerprint density at radius 3 is 2.56 bits per heavy atom. The van der Waals surface area contributed by atoms with Crippen LogP contribution >= 0.6 is 0 Å². The molecular formula is C34H37FN6O2. The van der Waals surface area contributed by atoms with E-state index in [2.05, 4.69) is 16.5 Å². The van der Waals surface area contributed by atoms with Crippen molar-refractivity contribution in [3.63, 3.8) is 0 Å². The monoisotopic (exact) mass is 585 g/mol. The van der Waals surface area contributed by atoms with Crippen molar-refractivity contribution in [1.29, 1.82) is 0 Å². The van der Waals surface area contributed by atoms with E-state index in [0.717, 1.165) is 4.57 Å². The Bertz CT molecular complexity index is 2010. The number of nitrogens with zero attached hydrogens (tertiary/aromatic N) is 6. The quantitative estimate of drug-likeness (QED) is 0.256. The Balaban J connectivity index is 1.92. The van der Waals surface area contributed by atoms with Gasteiger partial charge in [-0.05, 0) is 62.9 Å². The van der Waals surface area contributed by atoms with E-state index in [9.17, 15) is 9.59 Å². The van der Waals surface area contributed by atoms with Gasteiger partial charge in [0.2, 0.25) is 5.91 Å². The predicted molar refractivity (Wildman–Crippen MR) is 170 cm³/mol. The number of hydrogen-bond acceptors (Lipinski definition) is 6. The minimum absolute atomic E-state index is 0.00179. The van der Waals surface area contributed by atoms with Crippen molar-refractivity contribution in [2.75, 3.05) is 18.0 Å². The van der Waals surface area contributed by atoms with Crippen molar-refractivity contribution in [2.45, 2.75) is 59.5 Å². The standard InChI is InChI=1S/C34H37FN6O2/c1-9-28(42)39-17-22(7)40(23(8)18-39)33-26-16-27(35)30(25-13-11-10-12-24(25)19(2)3)37-32(26)41(34(43)38-33)31-21(6)14-15-36-29(31)20(4)5/h9-16,20,22-23H,1-2,17-18H2,3-8H3/t22-,23-/m0/s1/i2D2,6D3. The SMILES string of the molecule is [2H]C([2H])=C(C)c1ccccc1-c1nc2c(cc1F)c(N1[C@@H](C)CN(C(=O)C=C)C[C@@H]1C)nc(=O)n2-c1c(C([2H])([2H])[2H])ccnc1C(C)C. The number of fused-ring (bicyclic) bond motifs is 1. The predicted octanol–water partition coefficient (Wildman–Crippen LogP) is 6.06. The first kappa shape index (κ1) is 23.9. The molecule has 1 aliphatic rings. The highest BCUT2D eigenvalue weighted by Gasteiger charge is 2.34. The molecule has 1 aliphatic heterocycles. The normalized spacial score (nSPS) is 18.9. The molecule has 9 heteroatoms. The summed E-state index contributed by atoms with van der Waals surface area (Å²) in [6.07, 6.45) is 2.62. The Labute approximate surface area is 258 Å². The first-order valence-electron chi connectivity index (χ1n) is 16.6. The van der Waals surface area contributed by atoms with Gasteiger partial charge in [0.05, 0.1) is 19.5 Å². The molecule has 4 aromatic rings. The van der Waals surface area contributed by atoms with Gasteiger partial charge in [0.25, 0.3) is 0 Å². The van der Waals surface area contributed by atoms with Crippen molar-refractivity contribution in [2.24, 2.45) is 0 Å². The van der Waals surface area contributed by atoms with Crippen LogP contribution in [0, 0.1) is 12.7 Å². The van der Waals surface area contributed by atoms with Crippen molar-refractivity contribution in [3.8, 4) is 16.9 Å². The van der Waals surface area contributed by atoms with Crippen LogP contribution in [0.5, 0.6) is 0 Å². The molecule has 5 rings (SSSR count). The number of allylic oxidation sites excluding steroid dienone is 1. The molecule has 0 aliphatic carbocycles. The van der Waals surface area contributed by atoms with Crippen molar-refractivity contribution >= 4 is 28.3 Å². The van der Waals surface area contributed by atoms with Gasteiger partial charge in [0.15, 0.2) is 5.65 Å². The molecule has 0 spiro atoms. The van der Waals surface area contributed by atoms with Crippen LogP contribution in [0.4, 0.5) is 10.2 Å². The topological polar surface area (TPSA) is 84.2 Å². The second-order valence-corrected chi connectivity index (χ2v) is 11.2. The van der Waals surface area contributed by atoms with E-state index in [1.807, 2.05) is 32.6 Å². The summed E-state index contributed by atoms with van der Waals surface area (Å²) in [6, 6.07) is 8.50. The van der Waals surface area contributed by atoms with E-state index >= 15 is 4.39 Å². The zero-order chi connectivity index (χ0) is 35.2. The molecule has 0 radical (unpaired) electrons. The van der Waals surface area contributed by atoms with E-state index < -0.39 is 24.9 Å². The molecule has 0 unspecified atom stereocenters. The van der Waals surface area contributed by atoms with Crippen molar-refractivity contribution in [3.05, 3.63) is 94.9 Å². The van der Waals surface area contributed by atoms with Crippen LogP contribution in [0.2, 0.25) is 0 Å². The summed E-state index contributed by atoms with van der Waals surface area (Å²) >= 11 is 0. The summed E-state index contributed by atoms with van der Waals surface area (Å²) in [6.45, 7) is 10.0. The maximum absolute atomic E-state index is 16.4. The lowest BCUT2D eigenvalue weighted by Crippen LogP contribution is -2.58. The van der Waals surface area contributed by atoms with Crippen LogP contribution in [-0.2, 0) is 4.79 Å². The third kappa shape index (κ3) is 5.24. The minimum atomic E-state index is -2.65. The molecule has 8 nitrogen and oxygen atoms in total. The zero-order valence-corrected chi connectivity index (χ0v) is 24.8. The minimum Gasteiger partial charge on any atom is -0.347 e. The lowest BCUT2D eigenvalue weighted by Gasteiger charge is -2.45. The van der Waals surface area contributed by atoms with Crippen molar-refractivity contribution in [1.82, 2.24) is 24.4 Å². The highest BCUT2D eigenvalue weighted by Crippen LogP contribution is 2.36. The molecule has 1 fully saturated rings. The van der Waals surface area contributed by atoms with Crippen LogP contribution < -0.4 is 10.6 Å². The molecule has 1 aromatic carbocycles. The smallest absolute Gasteiger partial charge is 0.347 e. The number of rotatable bonds is 6. The van der Waals surface area contributed by atoms with Gasteiger partial charge < -0.3 is 9.80 Å². The molecule has 0 saturated carbocycles. The maximum atomic E-state index is 16.4. The van der Waals surface area contributed by atoms with Gasteiger partial charge >= 0.3 is 5.69 Å². The summed E-state index contributed by atoms with van der Waals surface area (Å²) in [7, 11) is 0. The largest absolute Gasteiger partial charge is 0.355 e. The molecule has 4 heterocycles. The lowest BCUT2D eigenvalue weighted by molar-refractivity contribution is -0.127. The highest BCUT2D eigenvalue weighted by atomic mass is 19.1. The molecule has 0 N–H and O–H groups in total. The number of halogens is 1. The first-order valence-corrected chi connectivity index (χ1v) is 14.1. The van der Waals surface area contributed by atoms with E-state index in [-0.39, 0.29) is 68.8 Å². The van der Waals surface area contributed by atoms with Crippen molar-refractivity contribution < 1.29 is 16.0 Å². The zero-order valence-electron chi connectivity index (χ0n) is 29.8. The number of anilines is 1. The molecule has 222 valence electrons. The third-order valence-corrected chi connectivity index (χ3v) is 7.76. The Kier molecular flexibility index (Phi) is 6.41. The number of carbonyl (C=O) groups excluding carboxylic acids is 1. The summed E-state index contributed by atoms with van der Waals surface area (Å²) in [4.78, 5) is 44.0. The van der Waals surface area contributed by atoms with Gasteiger partial charge in [-0.15, -0.1) is 0 Å². The number of aromatic nitrogens is 4. The molecule has 0 bridgehead atoms. The average Bonchev–Trinajstić information content (AvgIpc) is 3.02. The number of amides is 1. The average molecular weight is 586 g/mol. The van der Waals surface area contributed by atoms with Crippen LogP contribution in [0.15, 0.2) is 66.6 Å². The Morgan fingerprint density at radius 2 is 1.91 bits per heavy atom. The van der Waals surface area contributed by atoms with Gasteiger partial charge in [0.1, 0.15) is 17.3 Å². The van der Waals surface area contributed by atoms with Crippen LogP contribution in [0.3, 0.4) is 0 Å². The fourth-order valence-electron chi connectivity index (χ4n) is 5.89. The van der Waals surface area contributed by atoms with Gasteiger partial charge in [-0.1, -0.05) is 56.8 Å². The fraction of sp³-hybridized carbons (Fsp3) is 0.324. The van der Waals surface area contributed by atoms with E-state index in [0.29, 0.717) is 24.3 Å². The van der Waals surface area contributed by atoms with Crippen LogP contribution in [0.1, 0.15) is 64.2 Å². The number of piperazine rings is 1. The van der Waals surface area contributed by atoms with Gasteiger partial charge in [-0.2, -0.15) is 4.98 Å². The highest BCUT2D eigenvalue weighted by molar-refractivity contribution is 5.92. The van der Waals surface area contributed by atoms with E-state index in [4.69, 9.17) is 11.8 Å². The van der Waals surface area contributed by atoms with Crippen LogP contribution in [0.25, 0.3) is 33.6 Å². The number of carbonyl (C=O) groups is 1. The second-order valence-electron chi connectivity index (χ2n) is 11.2. The van der Waals surface area contributed by atoms with Crippen LogP contribution in [-0.4, -0.2) is 55.5 Å². The number of pyridine rings is 2. The number of benzene rings is 1. The molecule has 43 heavy (non-hydrogen) atoms. The lowest BCUT2D eigenvalue weighted by atomic mass is 9.98. The maximum Gasteiger partial charge on any atom is 0.355 e. The molecular weight excluding hydrogens is 543 g/mol.